The van der Waals surface area contributed by atoms with Crippen LogP contribution in [0.3, 0.4) is 0 Å². The van der Waals surface area contributed by atoms with Crippen LogP contribution in [0.1, 0.15) is 17.9 Å². The fourth-order valence-corrected chi connectivity index (χ4v) is 4.09. The molecule has 4 aromatic heterocycles. The maximum Gasteiger partial charge on any atom is 0.155 e. The van der Waals surface area contributed by atoms with Gasteiger partial charge >= 0.3 is 0 Å². The maximum absolute atomic E-state index is 6.79. The van der Waals surface area contributed by atoms with Gasteiger partial charge in [0.1, 0.15) is 12.2 Å². The van der Waals surface area contributed by atoms with Crippen molar-refractivity contribution in [2.75, 3.05) is 14.1 Å². The summed E-state index contributed by atoms with van der Waals surface area (Å²) < 4.78 is 1.75. The Labute approximate surface area is 186 Å². The highest BCUT2D eigenvalue weighted by molar-refractivity contribution is 5.77. The summed E-state index contributed by atoms with van der Waals surface area (Å²) in [5.74, 6) is 0.823. The lowest BCUT2D eigenvalue weighted by molar-refractivity contribution is 0.411. The lowest BCUT2D eigenvalue weighted by Gasteiger charge is -2.31. The average molecular weight is 427 g/mol. The number of hydrogen-bond acceptors (Lipinski definition) is 6. The third kappa shape index (κ3) is 3.80. The van der Waals surface area contributed by atoms with Crippen molar-refractivity contribution in [3.8, 4) is 22.6 Å². The summed E-state index contributed by atoms with van der Waals surface area (Å²) in [6.45, 7) is 1.98. The lowest BCUT2D eigenvalue weighted by atomic mass is 9.86. The van der Waals surface area contributed by atoms with Gasteiger partial charge in [-0.05, 0) is 37.3 Å². The SMILES string of the molecule is Cc1cccc(-c2[nH]c(CC3(N)C=CC=C(N(C)C)C3)nc2-c2ccc3ncnn3c2)n1. The molecule has 4 heterocycles. The molecule has 0 aliphatic heterocycles. The van der Waals surface area contributed by atoms with Crippen LogP contribution in [0.2, 0.25) is 0 Å². The fourth-order valence-electron chi connectivity index (χ4n) is 4.09. The number of pyridine rings is 2. The summed E-state index contributed by atoms with van der Waals surface area (Å²) in [6, 6.07) is 9.93. The smallest absolute Gasteiger partial charge is 0.155 e. The summed E-state index contributed by atoms with van der Waals surface area (Å²) in [7, 11) is 4.08. The molecule has 1 unspecified atom stereocenters. The van der Waals surface area contributed by atoms with E-state index in [1.54, 1.807) is 10.8 Å². The Balaban J connectivity index is 1.57. The standard InChI is InChI=1S/C24H26N8/c1-16-6-4-8-19(28-16)23-22(17-9-10-21-26-15-27-32(21)14-17)29-20(30-23)13-24(25)11-5-7-18(12-24)31(2)3/h4-11,14-15H,12-13,25H2,1-3H3,(H,29,30). The third-order valence-electron chi connectivity index (χ3n) is 5.74. The molecule has 5 rings (SSSR count). The fraction of sp³-hybridized carbons (Fsp3) is 0.250. The maximum atomic E-state index is 6.79. The van der Waals surface area contributed by atoms with Crippen LogP contribution in [0, 0.1) is 6.92 Å². The first-order chi connectivity index (χ1) is 15.4. The normalized spacial score (nSPS) is 18.2. The summed E-state index contributed by atoms with van der Waals surface area (Å²) >= 11 is 0. The molecule has 0 spiro atoms. The van der Waals surface area contributed by atoms with Crippen LogP contribution in [0.5, 0.6) is 0 Å². The molecule has 32 heavy (non-hydrogen) atoms. The molecule has 1 aliphatic rings. The molecule has 0 saturated carbocycles. The molecule has 0 amide bonds. The Morgan fingerprint density at radius 3 is 2.88 bits per heavy atom. The van der Waals surface area contributed by atoms with Gasteiger partial charge in [-0.3, -0.25) is 4.98 Å². The first kappa shape index (κ1) is 20.1. The van der Waals surface area contributed by atoms with Gasteiger partial charge in [-0.2, -0.15) is 5.10 Å². The van der Waals surface area contributed by atoms with E-state index in [4.69, 9.17) is 15.7 Å². The van der Waals surface area contributed by atoms with Gasteiger partial charge in [-0.15, -0.1) is 0 Å². The average Bonchev–Trinajstić information content (AvgIpc) is 3.39. The predicted molar refractivity (Wildman–Crippen MR) is 125 cm³/mol. The molecule has 0 radical (unpaired) electrons. The molecule has 4 aromatic rings. The molecular weight excluding hydrogens is 400 g/mol. The van der Waals surface area contributed by atoms with E-state index in [0.717, 1.165) is 46.2 Å². The largest absolute Gasteiger partial charge is 0.381 e. The summed E-state index contributed by atoms with van der Waals surface area (Å²) in [4.78, 5) is 19.6. The third-order valence-corrected chi connectivity index (χ3v) is 5.74. The Bertz CT molecular complexity index is 1340. The van der Waals surface area contributed by atoms with E-state index >= 15 is 0 Å². The second-order valence-electron chi connectivity index (χ2n) is 8.55. The highest BCUT2D eigenvalue weighted by atomic mass is 15.3. The number of aromatic nitrogens is 6. The summed E-state index contributed by atoms with van der Waals surface area (Å²) in [5, 5.41) is 4.27. The zero-order valence-electron chi connectivity index (χ0n) is 18.4. The Hall–Kier alpha value is -3.78. The van der Waals surface area contributed by atoms with E-state index in [1.165, 1.54) is 5.70 Å². The number of nitrogens with zero attached hydrogens (tertiary/aromatic N) is 6. The summed E-state index contributed by atoms with van der Waals surface area (Å²) in [6.07, 6.45) is 11.0. The highest BCUT2D eigenvalue weighted by Crippen LogP contribution is 2.32. The number of nitrogens with one attached hydrogen (secondary N) is 1. The van der Waals surface area contributed by atoms with Gasteiger partial charge in [0.15, 0.2) is 5.65 Å². The number of aryl methyl sites for hydroxylation is 1. The minimum Gasteiger partial charge on any atom is -0.381 e. The number of hydrogen-bond donors (Lipinski definition) is 2. The molecular formula is C24H26N8. The van der Waals surface area contributed by atoms with Crippen molar-refractivity contribution in [2.45, 2.75) is 25.3 Å². The van der Waals surface area contributed by atoms with Gasteiger partial charge < -0.3 is 15.6 Å². The van der Waals surface area contributed by atoms with E-state index in [-0.39, 0.29) is 0 Å². The van der Waals surface area contributed by atoms with Crippen LogP contribution < -0.4 is 5.73 Å². The second kappa shape index (κ2) is 7.72. The summed E-state index contributed by atoms with van der Waals surface area (Å²) in [5.41, 5.74) is 12.7. The first-order valence-corrected chi connectivity index (χ1v) is 10.6. The Morgan fingerprint density at radius 1 is 1.19 bits per heavy atom. The zero-order chi connectivity index (χ0) is 22.3. The molecule has 0 bridgehead atoms. The molecule has 8 heteroatoms. The quantitative estimate of drug-likeness (QED) is 0.508. The van der Waals surface area contributed by atoms with Gasteiger partial charge in [0, 0.05) is 55.6 Å². The van der Waals surface area contributed by atoms with Gasteiger partial charge in [-0.25, -0.2) is 14.5 Å². The molecule has 8 nitrogen and oxygen atoms in total. The van der Waals surface area contributed by atoms with Gasteiger partial charge in [0.25, 0.3) is 0 Å². The molecule has 162 valence electrons. The first-order valence-electron chi connectivity index (χ1n) is 10.6. The Morgan fingerprint density at radius 2 is 2.06 bits per heavy atom. The van der Waals surface area contributed by atoms with Crippen LogP contribution in [0.15, 0.2) is 66.8 Å². The topological polar surface area (TPSA) is 101 Å². The molecule has 1 aliphatic carbocycles. The number of fused-ring (bicyclic) bond motifs is 1. The van der Waals surface area contributed by atoms with E-state index < -0.39 is 5.54 Å². The van der Waals surface area contributed by atoms with Crippen molar-refractivity contribution in [2.24, 2.45) is 5.73 Å². The van der Waals surface area contributed by atoms with Crippen LogP contribution >= 0.6 is 0 Å². The van der Waals surface area contributed by atoms with Crippen LogP contribution in [-0.4, -0.2) is 54.1 Å². The minimum atomic E-state index is -0.517. The second-order valence-corrected chi connectivity index (χ2v) is 8.55. The lowest BCUT2D eigenvalue weighted by Crippen LogP contribution is -2.43. The molecule has 0 aromatic carbocycles. The van der Waals surface area contributed by atoms with Gasteiger partial charge in [0.2, 0.25) is 0 Å². The monoisotopic (exact) mass is 426 g/mol. The van der Waals surface area contributed by atoms with Crippen molar-refractivity contribution < 1.29 is 0 Å². The van der Waals surface area contributed by atoms with E-state index in [1.807, 2.05) is 63.6 Å². The molecule has 0 saturated heterocycles. The molecule has 3 N–H and O–H groups in total. The Kier molecular flexibility index (Phi) is 4.86. The number of aromatic amines is 1. The highest BCUT2D eigenvalue weighted by Gasteiger charge is 2.29. The number of nitrogens with two attached hydrogens (primary N) is 1. The predicted octanol–water partition coefficient (Wildman–Crippen LogP) is 3.14. The number of H-pyrrole nitrogens is 1. The van der Waals surface area contributed by atoms with Crippen molar-refractivity contribution in [3.05, 3.63) is 78.3 Å². The van der Waals surface area contributed by atoms with Crippen molar-refractivity contribution in [1.29, 1.82) is 0 Å². The van der Waals surface area contributed by atoms with E-state index in [9.17, 15) is 0 Å². The van der Waals surface area contributed by atoms with Crippen LogP contribution in [-0.2, 0) is 6.42 Å². The minimum absolute atomic E-state index is 0.517. The van der Waals surface area contributed by atoms with Gasteiger partial charge in [0.05, 0.1) is 17.1 Å². The van der Waals surface area contributed by atoms with Crippen molar-refractivity contribution in [3.63, 3.8) is 0 Å². The van der Waals surface area contributed by atoms with Gasteiger partial charge in [-0.1, -0.05) is 18.2 Å². The number of allylic oxidation sites excluding steroid dienone is 2. The number of rotatable bonds is 5. The van der Waals surface area contributed by atoms with E-state index in [2.05, 4.69) is 32.1 Å². The number of imidazole rings is 1. The van der Waals surface area contributed by atoms with Crippen molar-refractivity contribution >= 4 is 5.65 Å². The van der Waals surface area contributed by atoms with Crippen LogP contribution in [0.4, 0.5) is 0 Å². The molecule has 1 atom stereocenters. The van der Waals surface area contributed by atoms with Crippen molar-refractivity contribution in [1.82, 2.24) is 34.4 Å². The molecule has 0 fully saturated rings. The van der Waals surface area contributed by atoms with Crippen LogP contribution in [0.25, 0.3) is 28.3 Å². The van der Waals surface area contributed by atoms with E-state index in [0.29, 0.717) is 6.42 Å². The zero-order valence-corrected chi connectivity index (χ0v) is 18.4.